The van der Waals surface area contributed by atoms with E-state index in [4.69, 9.17) is 0 Å². The molecular formula is C28H46N4O. The van der Waals surface area contributed by atoms with E-state index in [2.05, 4.69) is 64.6 Å². The summed E-state index contributed by atoms with van der Waals surface area (Å²) in [5, 5.41) is 7.01. The molecule has 2 bridgehead atoms. The molecule has 1 aromatic carbocycles. The van der Waals surface area contributed by atoms with Gasteiger partial charge < -0.3 is 15.5 Å². The van der Waals surface area contributed by atoms with Crippen molar-refractivity contribution < 1.29 is 4.79 Å². The predicted octanol–water partition coefficient (Wildman–Crippen LogP) is 3.89. The zero-order valence-corrected chi connectivity index (χ0v) is 21.0. The van der Waals surface area contributed by atoms with Gasteiger partial charge in [0.2, 0.25) is 5.91 Å². The summed E-state index contributed by atoms with van der Waals surface area (Å²) in [6.07, 6.45) is 7.85. The van der Waals surface area contributed by atoms with E-state index in [9.17, 15) is 4.79 Å². The molecule has 3 unspecified atom stereocenters. The van der Waals surface area contributed by atoms with Crippen molar-refractivity contribution in [2.45, 2.75) is 77.4 Å². The lowest BCUT2D eigenvalue weighted by atomic mass is 9.79. The summed E-state index contributed by atoms with van der Waals surface area (Å²) in [5.74, 6) is 2.53. The minimum Gasteiger partial charge on any atom is -0.356 e. The average molecular weight is 455 g/mol. The number of rotatable bonds is 10. The standard InChI is InChI=1S/C28H46N4O/c1-22(2)32-15-12-23(13-16-32)11-14-29-28(33)10-6-9-27-26-17-25(18-30-27)20-31(21-26)19-24-7-4-3-5-8-24/h3-5,7-8,22-23,25-27,30H,6,9-21H2,1-2H3,(H,29,33). The summed E-state index contributed by atoms with van der Waals surface area (Å²) in [5.41, 5.74) is 1.42. The van der Waals surface area contributed by atoms with Gasteiger partial charge in [0.25, 0.3) is 0 Å². The van der Waals surface area contributed by atoms with Gasteiger partial charge in [-0.1, -0.05) is 30.3 Å². The van der Waals surface area contributed by atoms with Crippen LogP contribution in [0, 0.1) is 17.8 Å². The van der Waals surface area contributed by atoms with Gasteiger partial charge in [-0.15, -0.1) is 0 Å². The second-order valence-electron chi connectivity index (χ2n) is 11.2. The van der Waals surface area contributed by atoms with E-state index in [-0.39, 0.29) is 5.91 Å². The van der Waals surface area contributed by atoms with Crippen molar-refractivity contribution in [1.29, 1.82) is 0 Å². The van der Waals surface area contributed by atoms with Gasteiger partial charge in [0, 0.05) is 44.7 Å². The summed E-state index contributed by atoms with van der Waals surface area (Å²) in [6.45, 7) is 12.5. The second-order valence-corrected chi connectivity index (χ2v) is 11.2. The largest absolute Gasteiger partial charge is 0.356 e. The molecule has 3 aliphatic rings. The molecule has 5 heteroatoms. The number of piperidine rings is 3. The molecule has 3 fully saturated rings. The van der Waals surface area contributed by atoms with Crippen molar-refractivity contribution in [3.05, 3.63) is 35.9 Å². The Kier molecular flexibility index (Phi) is 9.22. The van der Waals surface area contributed by atoms with Crippen LogP contribution < -0.4 is 10.6 Å². The molecule has 0 spiro atoms. The Morgan fingerprint density at radius 1 is 1.12 bits per heavy atom. The molecule has 0 saturated carbocycles. The van der Waals surface area contributed by atoms with Crippen LogP contribution in [0.3, 0.4) is 0 Å². The minimum absolute atomic E-state index is 0.248. The van der Waals surface area contributed by atoms with Crippen LogP contribution in [-0.2, 0) is 11.3 Å². The van der Waals surface area contributed by atoms with Crippen LogP contribution in [0.4, 0.5) is 0 Å². The van der Waals surface area contributed by atoms with Gasteiger partial charge in [-0.25, -0.2) is 0 Å². The second kappa shape index (κ2) is 12.3. The number of hydrogen-bond acceptors (Lipinski definition) is 4. The van der Waals surface area contributed by atoms with E-state index in [1.165, 1.54) is 51.0 Å². The molecule has 2 N–H and O–H groups in total. The molecule has 33 heavy (non-hydrogen) atoms. The molecule has 1 amide bonds. The lowest BCUT2D eigenvalue weighted by molar-refractivity contribution is -0.121. The molecule has 3 saturated heterocycles. The number of fused-ring (bicyclic) bond motifs is 2. The Morgan fingerprint density at radius 2 is 1.91 bits per heavy atom. The SMILES string of the molecule is CC(C)N1CCC(CCNC(=O)CCCC2NCC3CC2CN(Cc2ccccc2)C3)CC1. The number of likely N-dealkylation sites (tertiary alicyclic amines) is 2. The summed E-state index contributed by atoms with van der Waals surface area (Å²) in [6, 6.07) is 12.1. The van der Waals surface area contributed by atoms with E-state index in [1.807, 2.05) is 0 Å². The van der Waals surface area contributed by atoms with Crippen LogP contribution in [0.1, 0.15) is 64.4 Å². The fourth-order valence-electron chi connectivity index (χ4n) is 6.33. The smallest absolute Gasteiger partial charge is 0.219 e. The normalized spacial score (nSPS) is 27.1. The Bertz CT molecular complexity index is 716. The van der Waals surface area contributed by atoms with E-state index >= 15 is 0 Å². The van der Waals surface area contributed by atoms with Gasteiger partial charge in [0.15, 0.2) is 0 Å². The minimum atomic E-state index is 0.248. The van der Waals surface area contributed by atoms with Crippen LogP contribution in [-0.4, -0.2) is 67.1 Å². The monoisotopic (exact) mass is 454 g/mol. The topological polar surface area (TPSA) is 47.6 Å². The third-order valence-corrected chi connectivity index (χ3v) is 8.31. The van der Waals surface area contributed by atoms with Crippen LogP contribution in [0.25, 0.3) is 0 Å². The lowest BCUT2D eigenvalue weighted by Gasteiger charge is -2.46. The van der Waals surface area contributed by atoms with Crippen molar-refractivity contribution in [3.8, 4) is 0 Å². The first kappa shape index (κ1) is 24.7. The van der Waals surface area contributed by atoms with Gasteiger partial charge in [0.05, 0.1) is 0 Å². The van der Waals surface area contributed by atoms with Crippen LogP contribution in [0.5, 0.6) is 0 Å². The lowest BCUT2D eigenvalue weighted by Crippen LogP contribution is -2.55. The summed E-state index contributed by atoms with van der Waals surface area (Å²) in [4.78, 5) is 17.6. The van der Waals surface area contributed by atoms with Gasteiger partial charge in [-0.05, 0) is 95.3 Å². The van der Waals surface area contributed by atoms with Crippen molar-refractivity contribution in [3.63, 3.8) is 0 Å². The highest BCUT2D eigenvalue weighted by molar-refractivity contribution is 5.75. The third-order valence-electron chi connectivity index (χ3n) is 8.31. The number of hydrogen-bond donors (Lipinski definition) is 2. The van der Waals surface area contributed by atoms with Gasteiger partial charge in [-0.2, -0.15) is 0 Å². The van der Waals surface area contributed by atoms with E-state index in [1.54, 1.807) is 0 Å². The van der Waals surface area contributed by atoms with Gasteiger partial charge in [0.1, 0.15) is 0 Å². The van der Waals surface area contributed by atoms with Crippen LogP contribution in [0.15, 0.2) is 30.3 Å². The molecular weight excluding hydrogens is 408 g/mol. The fourth-order valence-corrected chi connectivity index (χ4v) is 6.33. The summed E-state index contributed by atoms with van der Waals surface area (Å²) in [7, 11) is 0. The number of nitrogens with one attached hydrogen (secondary N) is 2. The van der Waals surface area contributed by atoms with Gasteiger partial charge in [-0.3, -0.25) is 9.69 Å². The molecule has 4 rings (SSSR count). The van der Waals surface area contributed by atoms with Crippen LogP contribution in [0.2, 0.25) is 0 Å². The fraction of sp³-hybridized carbons (Fsp3) is 0.750. The summed E-state index contributed by atoms with van der Waals surface area (Å²) >= 11 is 0. The molecule has 3 aliphatic heterocycles. The number of benzene rings is 1. The zero-order valence-electron chi connectivity index (χ0n) is 21.0. The maximum Gasteiger partial charge on any atom is 0.219 e. The van der Waals surface area contributed by atoms with Gasteiger partial charge >= 0.3 is 0 Å². The Labute approximate surface area is 201 Å². The number of carbonyl (C=O) groups excluding carboxylic acids is 1. The first-order chi connectivity index (χ1) is 16.1. The zero-order chi connectivity index (χ0) is 23.0. The van der Waals surface area contributed by atoms with E-state index in [0.717, 1.165) is 56.7 Å². The molecule has 0 radical (unpaired) electrons. The highest BCUT2D eigenvalue weighted by atomic mass is 16.1. The van der Waals surface area contributed by atoms with Crippen molar-refractivity contribution in [2.24, 2.45) is 17.8 Å². The van der Waals surface area contributed by atoms with Crippen molar-refractivity contribution in [2.75, 3.05) is 39.3 Å². The average Bonchev–Trinajstić information content (AvgIpc) is 2.81. The maximum atomic E-state index is 12.4. The molecule has 1 aromatic rings. The molecule has 5 nitrogen and oxygen atoms in total. The Balaban J connectivity index is 1.10. The molecule has 0 aliphatic carbocycles. The predicted molar refractivity (Wildman–Crippen MR) is 136 cm³/mol. The first-order valence-electron chi connectivity index (χ1n) is 13.6. The Hall–Kier alpha value is -1.43. The first-order valence-corrected chi connectivity index (χ1v) is 13.6. The maximum absolute atomic E-state index is 12.4. The highest BCUT2D eigenvalue weighted by Gasteiger charge is 2.36. The van der Waals surface area contributed by atoms with E-state index < -0.39 is 0 Å². The molecule has 0 aromatic heterocycles. The number of carbonyl (C=O) groups is 1. The number of nitrogens with zero attached hydrogens (tertiary/aromatic N) is 2. The van der Waals surface area contributed by atoms with E-state index in [0.29, 0.717) is 18.5 Å². The molecule has 3 heterocycles. The summed E-state index contributed by atoms with van der Waals surface area (Å²) < 4.78 is 0. The van der Waals surface area contributed by atoms with Crippen molar-refractivity contribution in [1.82, 2.24) is 20.4 Å². The molecule has 3 atom stereocenters. The third kappa shape index (κ3) is 7.53. The Morgan fingerprint density at radius 3 is 2.67 bits per heavy atom. The molecule has 184 valence electrons. The van der Waals surface area contributed by atoms with Crippen LogP contribution >= 0.6 is 0 Å². The quantitative estimate of drug-likeness (QED) is 0.563. The van der Waals surface area contributed by atoms with Crippen molar-refractivity contribution >= 4 is 5.91 Å². The number of amides is 1. The highest BCUT2D eigenvalue weighted by Crippen LogP contribution is 2.31.